The van der Waals surface area contributed by atoms with Crippen LogP contribution in [0.15, 0.2) is 54.6 Å². The van der Waals surface area contributed by atoms with Gasteiger partial charge in [-0.15, -0.1) is 0 Å². The Morgan fingerprint density at radius 2 is 0.808 bits per heavy atom. The van der Waals surface area contributed by atoms with Crippen LogP contribution < -0.4 is 24.7 Å². The number of methoxy groups -OCH3 is 4. The van der Waals surface area contributed by atoms with Gasteiger partial charge in [0.2, 0.25) is 17.2 Å². The van der Waals surface area contributed by atoms with E-state index in [1.54, 1.807) is 74.6 Å². The van der Waals surface area contributed by atoms with Crippen LogP contribution in [0, 0.1) is 30.3 Å². The highest BCUT2D eigenvalue weighted by Gasteiger charge is 2.33. The Morgan fingerprint density at radius 1 is 0.479 bits per heavy atom. The second-order valence-corrected chi connectivity index (χ2v) is 19.3. The molecule has 0 bridgehead atoms. The van der Waals surface area contributed by atoms with Crippen LogP contribution >= 0.6 is 0 Å². The quantitative estimate of drug-likeness (QED) is 0.0790. The van der Waals surface area contributed by atoms with Crippen molar-refractivity contribution in [3.63, 3.8) is 0 Å². The van der Waals surface area contributed by atoms with E-state index in [1.165, 1.54) is 78.4 Å². The summed E-state index contributed by atoms with van der Waals surface area (Å²) >= 11 is 0. The SMILES string of the molecule is COc1c(C(=O)N(C)C)cccc1[N+](=O)[O-].COc1c(N)ccc(C(C)(C)C)c1C(=O)N(C)C.COc1c([N+](=O)[O-])ccc(C(C)(C)C)c1C(=O)N(C)C.COc1c([N+](=O)[O-])ccc(C(C)C)c1C(=O)N(C)C. The van der Waals surface area contributed by atoms with Gasteiger partial charge in [0.05, 0.1) is 71.2 Å². The minimum absolute atomic E-state index is 0.00815. The number of carbonyl (C=O) groups is 4. The molecule has 0 spiro atoms. The van der Waals surface area contributed by atoms with E-state index < -0.39 is 14.8 Å². The summed E-state index contributed by atoms with van der Waals surface area (Å²) < 4.78 is 20.5. The number of anilines is 1. The number of benzene rings is 4. The molecular weight excluding hydrogens is 949 g/mol. The highest BCUT2D eigenvalue weighted by atomic mass is 16.6. The van der Waals surface area contributed by atoms with Crippen molar-refractivity contribution in [3.05, 3.63) is 124 Å². The second-order valence-electron chi connectivity index (χ2n) is 19.3. The number of nitro benzene ring substituents is 3. The number of carbonyl (C=O) groups excluding carboxylic acids is 4. The van der Waals surface area contributed by atoms with E-state index in [2.05, 4.69) is 20.8 Å². The van der Waals surface area contributed by atoms with Crippen LogP contribution in [0.4, 0.5) is 22.7 Å². The highest BCUT2D eigenvalue weighted by molar-refractivity contribution is 6.02. The zero-order valence-electron chi connectivity index (χ0n) is 45.7. The van der Waals surface area contributed by atoms with Gasteiger partial charge < -0.3 is 44.3 Å². The Morgan fingerprint density at radius 3 is 1.15 bits per heavy atom. The van der Waals surface area contributed by atoms with E-state index in [1.807, 2.05) is 40.7 Å². The van der Waals surface area contributed by atoms with E-state index in [0.29, 0.717) is 17.0 Å². The van der Waals surface area contributed by atoms with E-state index >= 15 is 0 Å². The number of hydrogen-bond donors (Lipinski definition) is 1. The Balaban J connectivity index is 0.000000488. The minimum Gasteiger partial charge on any atom is -0.494 e. The number of para-hydroxylation sites is 1. The fraction of sp³-hybridized carbons (Fsp3) is 0.451. The molecule has 4 aromatic rings. The van der Waals surface area contributed by atoms with Crippen molar-refractivity contribution in [1.82, 2.24) is 19.6 Å². The molecule has 0 heterocycles. The number of hydrogen-bond acceptors (Lipinski definition) is 15. The average molecular weight is 1020 g/mol. The molecule has 22 nitrogen and oxygen atoms in total. The first kappa shape index (κ1) is 63.0. The summed E-state index contributed by atoms with van der Waals surface area (Å²) in [7, 11) is 18.5. The lowest BCUT2D eigenvalue weighted by molar-refractivity contribution is -0.385. The summed E-state index contributed by atoms with van der Waals surface area (Å²) in [6.07, 6.45) is 0. The lowest BCUT2D eigenvalue weighted by atomic mass is 9.82. The van der Waals surface area contributed by atoms with Gasteiger partial charge in [-0.1, -0.05) is 79.7 Å². The van der Waals surface area contributed by atoms with E-state index in [-0.39, 0.29) is 91.4 Å². The van der Waals surface area contributed by atoms with Crippen LogP contribution in [0.25, 0.3) is 0 Å². The predicted octanol–water partition coefficient (Wildman–Crippen LogP) is 8.61. The first-order valence-corrected chi connectivity index (χ1v) is 22.5. The summed E-state index contributed by atoms with van der Waals surface area (Å²) in [4.78, 5) is 85.5. The summed E-state index contributed by atoms with van der Waals surface area (Å²) in [6, 6.07) is 13.9. The Hall–Kier alpha value is -8.04. The molecule has 4 rings (SSSR count). The van der Waals surface area contributed by atoms with Crippen LogP contribution in [0.3, 0.4) is 0 Å². The Kier molecular flexibility index (Phi) is 22.8. The summed E-state index contributed by atoms with van der Waals surface area (Å²) in [6.45, 7) is 15.9. The van der Waals surface area contributed by atoms with E-state index in [9.17, 15) is 49.5 Å². The molecule has 0 aliphatic carbocycles. The van der Waals surface area contributed by atoms with E-state index in [0.717, 1.165) is 16.7 Å². The number of rotatable bonds is 12. The molecule has 0 aromatic heterocycles. The average Bonchev–Trinajstić information content (AvgIpc) is 3.30. The monoisotopic (exact) mass is 1020 g/mol. The van der Waals surface area contributed by atoms with Crippen molar-refractivity contribution in [3.8, 4) is 23.0 Å². The molecule has 4 amide bonds. The van der Waals surface area contributed by atoms with Crippen LogP contribution in [-0.2, 0) is 10.8 Å². The molecule has 0 radical (unpaired) electrons. The molecule has 4 aromatic carbocycles. The van der Waals surface area contributed by atoms with Crippen molar-refractivity contribution in [2.45, 2.75) is 72.1 Å². The zero-order valence-corrected chi connectivity index (χ0v) is 45.7. The van der Waals surface area contributed by atoms with Gasteiger partial charge in [0.15, 0.2) is 5.75 Å². The lowest BCUT2D eigenvalue weighted by Gasteiger charge is -2.26. The Bertz CT molecular complexity index is 2670. The van der Waals surface area contributed by atoms with Crippen molar-refractivity contribution >= 4 is 46.4 Å². The molecular formula is C51H72N8O14. The lowest BCUT2D eigenvalue weighted by Crippen LogP contribution is -2.27. The molecule has 0 unspecified atom stereocenters. The third-order valence-electron chi connectivity index (χ3n) is 10.6. The van der Waals surface area contributed by atoms with Gasteiger partial charge in [0.25, 0.3) is 23.6 Å². The summed E-state index contributed by atoms with van der Waals surface area (Å²) in [5, 5.41) is 32.8. The van der Waals surface area contributed by atoms with Gasteiger partial charge in [-0.2, -0.15) is 0 Å². The maximum atomic E-state index is 12.4. The smallest absolute Gasteiger partial charge is 0.311 e. The molecule has 73 heavy (non-hydrogen) atoms. The number of nitrogens with zero attached hydrogens (tertiary/aromatic N) is 7. The Labute approximate surface area is 427 Å². The van der Waals surface area contributed by atoms with E-state index in [4.69, 9.17) is 24.7 Å². The van der Waals surface area contributed by atoms with Crippen molar-refractivity contribution in [2.24, 2.45) is 0 Å². The maximum Gasteiger partial charge on any atom is 0.311 e. The molecule has 0 aliphatic heterocycles. The highest BCUT2D eigenvalue weighted by Crippen LogP contribution is 2.40. The van der Waals surface area contributed by atoms with Gasteiger partial charge in [-0.25, -0.2) is 0 Å². The molecule has 400 valence electrons. The first-order valence-electron chi connectivity index (χ1n) is 22.5. The topological polar surface area (TPSA) is 274 Å². The van der Waals surface area contributed by atoms with Gasteiger partial charge in [-0.05, 0) is 45.6 Å². The maximum absolute atomic E-state index is 12.4. The van der Waals surface area contributed by atoms with Crippen molar-refractivity contribution < 1.29 is 52.9 Å². The van der Waals surface area contributed by atoms with Crippen LogP contribution in [0.5, 0.6) is 23.0 Å². The molecule has 0 saturated heterocycles. The number of nitro groups is 3. The van der Waals surface area contributed by atoms with Gasteiger partial charge in [0, 0.05) is 74.6 Å². The molecule has 22 heteroatoms. The van der Waals surface area contributed by atoms with Gasteiger partial charge in [-0.3, -0.25) is 49.5 Å². The number of amides is 4. The largest absolute Gasteiger partial charge is 0.494 e. The normalized spacial score (nSPS) is 10.6. The standard InChI is InChI=1S/C14H20N2O4.C14H22N2O2.C13H18N2O4.C10H12N2O4/c1-14(2,3)9-7-8-10(16(18)19)12(20-6)11(9)13(17)15(4)5;1-14(2,3)9-7-8-10(15)12(18-6)11(9)13(17)16(4)5;1-8(2)9-6-7-10(15(17)18)12(19-5)11(9)13(16)14(3)4;1-11(2)10(13)7-5-4-6-8(12(14)15)9(7)16-3/h7-8H,1-6H3;7-8H,15H2,1-6H3;6-8H,1-5H3;4-6H,1-3H3. The van der Waals surface area contributed by atoms with Gasteiger partial charge in [0.1, 0.15) is 0 Å². The minimum atomic E-state index is -0.578. The molecule has 2 N–H and O–H groups in total. The van der Waals surface area contributed by atoms with Gasteiger partial charge >= 0.3 is 17.1 Å². The summed E-state index contributed by atoms with van der Waals surface area (Å²) in [5.41, 5.74) is 8.91. The predicted molar refractivity (Wildman–Crippen MR) is 280 cm³/mol. The fourth-order valence-corrected chi connectivity index (χ4v) is 7.02. The van der Waals surface area contributed by atoms with Crippen molar-refractivity contribution in [1.29, 1.82) is 0 Å². The molecule has 0 aliphatic rings. The van der Waals surface area contributed by atoms with Crippen LogP contribution in [-0.4, -0.2) is 143 Å². The molecule has 0 atom stereocenters. The summed E-state index contributed by atoms with van der Waals surface area (Å²) in [5.74, 6) is -0.485. The first-order chi connectivity index (χ1) is 33.6. The number of ether oxygens (including phenoxy) is 4. The second kappa shape index (κ2) is 26.4. The molecule has 0 saturated carbocycles. The fourth-order valence-electron chi connectivity index (χ4n) is 7.02. The third-order valence-corrected chi connectivity index (χ3v) is 10.6. The number of nitrogens with two attached hydrogens (primary N) is 1. The van der Waals surface area contributed by atoms with Crippen LogP contribution in [0.1, 0.15) is 119 Å². The van der Waals surface area contributed by atoms with Crippen LogP contribution in [0.2, 0.25) is 0 Å². The zero-order chi connectivity index (χ0) is 56.8. The number of nitrogen functional groups attached to an aromatic ring is 1. The van der Waals surface area contributed by atoms with Crippen molar-refractivity contribution in [2.75, 3.05) is 90.6 Å². The third kappa shape index (κ3) is 15.7. The molecule has 0 fully saturated rings.